The normalized spacial score (nSPS) is 10.2. The molecule has 0 saturated heterocycles. The lowest BCUT2D eigenvalue weighted by Gasteiger charge is -2.19. The zero-order valence-electron chi connectivity index (χ0n) is 15.0. The molecule has 0 heterocycles. The van der Waals surface area contributed by atoms with Crippen molar-refractivity contribution in [1.82, 2.24) is 0 Å². The highest BCUT2D eigenvalue weighted by Gasteiger charge is 2.20. The van der Waals surface area contributed by atoms with Gasteiger partial charge >= 0.3 is 5.97 Å². The summed E-state index contributed by atoms with van der Waals surface area (Å²) in [5.41, 5.74) is 0.516. The van der Waals surface area contributed by atoms with Crippen molar-refractivity contribution in [2.75, 3.05) is 30.9 Å². The summed E-state index contributed by atoms with van der Waals surface area (Å²) < 4.78 is 4.86. The first-order chi connectivity index (χ1) is 12.7. The molecule has 2 aromatic carbocycles. The predicted octanol–water partition coefficient (Wildman–Crippen LogP) is 3.74. The van der Waals surface area contributed by atoms with Crippen LogP contribution in [0.3, 0.4) is 0 Å². The van der Waals surface area contributed by atoms with Crippen LogP contribution in [0.15, 0.2) is 36.4 Å². The van der Waals surface area contributed by atoms with Gasteiger partial charge in [0.15, 0.2) is 0 Å². The van der Waals surface area contributed by atoms with Crippen molar-refractivity contribution in [2.24, 2.45) is 0 Å². The number of benzene rings is 2. The quantitative estimate of drug-likeness (QED) is 0.457. The average molecular weight is 392 g/mol. The monoisotopic (exact) mass is 391 g/mol. The number of hydrogen-bond acceptors (Lipinski definition) is 6. The summed E-state index contributed by atoms with van der Waals surface area (Å²) in [6.45, 7) is 1.72. The smallest absolute Gasteiger partial charge is 0.338 e. The van der Waals surface area contributed by atoms with Gasteiger partial charge in [-0.05, 0) is 25.1 Å². The summed E-state index contributed by atoms with van der Waals surface area (Å²) in [5, 5.41) is 14.3. The number of carbonyl (C=O) groups excluding carboxylic acids is 2. The van der Waals surface area contributed by atoms with Crippen molar-refractivity contribution < 1.29 is 19.2 Å². The van der Waals surface area contributed by atoms with Crippen LogP contribution in [0, 0.1) is 10.1 Å². The van der Waals surface area contributed by atoms with Crippen LogP contribution in [-0.4, -0.2) is 37.5 Å². The molecule has 0 spiro atoms. The minimum atomic E-state index is -0.744. The molecule has 0 unspecified atom stereocenters. The molecule has 0 saturated carbocycles. The lowest BCUT2D eigenvalue weighted by molar-refractivity contribution is -0.384. The number of ether oxygens (including phenoxy) is 1. The van der Waals surface area contributed by atoms with Gasteiger partial charge < -0.3 is 15.0 Å². The molecule has 0 bridgehead atoms. The molecule has 0 aliphatic heterocycles. The fourth-order valence-corrected chi connectivity index (χ4v) is 2.79. The van der Waals surface area contributed by atoms with Crippen LogP contribution in [0.4, 0.5) is 17.1 Å². The molecule has 2 rings (SSSR count). The molecular formula is C18H18ClN3O5. The van der Waals surface area contributed by atoms with Crippen molar-refractivity contribution in [1.29, 1.82) is 0 Å². The Kier molecular flexibility index (Phi) is 6.36. The predicted molar refractivity (Wildman–Crippen MR) is 103 cm³/mol. The van der Waals surface area contributed by atoms with E-state index in [0.29, 0.717) is 16.4 Å². The molecule has 0 radical (unpaired) electrons. The van der Waals surface area contributed by atoms with E-state index in [1.165, 1.54) is 6.07 Å². The van der Waals surface area contributed by atoms with E-state index in [2.05, 4.69) is 5.32 Å². The molecule has 0 atom stereocenters. The maximum Gasteiger partial charge on any atom is 0.338 e. The second-order valence-electron chi connectivity index (χ2n) is 5.73. The SMILES string of the molecule is CCOC(=O)c1cc(C(=O)Nc2cccc(Cl)c2N(C)C)cc([N+](=O)[O-])c1. The van der Waals surface area contributed by atoms with E-state index in [4.69, 9.17) is 16.3 Å². The molecule has 142 valence electrons. The Morgan fingerprint density at radius 2 is 1.89 bits per heavy atom. The van der Waals surface area contributed by atoms with Gasteiger partial charge in [-0.25, -0.2) is 4.79 Å². The van der Waals surface area contributed by atoms with E-state index in [1.807, 2.05) is 0 Å². The number of rotatable bonds is 6. The van der Waals surface area contributed by atoms with Crippen LogP contribution in [0.2, 0.25) is 5.02 Å². The first-order valence-electron chi connectivity index (χ1n) is 7.98. The van der Waals surface area contributed by atoms with E-state index in [1.54, 1.807) is 44.1 Å². The minimum absolute atomic E-state index is 0.0445. The Balaban J connectivity index is 2.43. The molecular weight excluding hydrogens is 374 g/mol. The summed E-state index contributed by atoms with van der Waals surface area (Å²) in [6.07, 6.45) is 0. The number of nitro groups is 1. The van der Waals surface area contributed by atoms with Gasteiger partial charge in [0, 0.05) is 31.8 Å². The molecule has 27 heavy (non-hydrogen) atoms. The Morgan fingerprint density at radius 1 is 1.22 bits per heavy atom. The maximum absolute atomic E-state index is 12.7. The Morgan fingerprint density at radius 3 is 2.48 bits per heavy atom. The van der Waals surface area contributed by atoms with Crippen molar-refractivity contribution in [3.05, 3.63) is 62.7 Å². The van der Waals surface area contributed by atoms with Gasteiger partial charge in [-0.1, -0.05) is 17.7 Å². The lowest BCUT2D eigenvalue weighted by Crippen LogP contribution is -2.18. The number of anilines is 2. The molecule has 2 aromatic rings. The standard InChI is InChI=1S/C18H18ClN3O5/c1-4-27-18(24)12-8-11(9-13(10-12)22(25)26)17(23)20-15-7-5-6-14(19)16(15)21(2)3/h5-10H,4H2,1-3H3,(H,20,23). The third kappa shape index (κ3) is 4.73. The van der Waals surface area contributed by atoms with Crippen LogP contribution >= 0.6 is 11.6 Å². The highest BCUT2D eigenvalue weighted by atomic mass is 35.5. The number of nitrogens with zero attached hydrogens (tertiary/aromatic N) is 2. The third-order valence-corrected chi connectivity index (χ3v) is 3.89. The molecule has 0 aliphatic carbocycles. The average Bonchev–Trinajstić information content (AvgIpc) is 2.61. The molecule has 0 fully saturated rings. The fraction of sp³-hybridized carbons (Fsp3) is 0.222. The van der Waals surface area contributed by atoms with Crippen LogP contribution in [0.5, 0.6) is 0 Å². The Bertz CT molecular complexity index is 899. The van der Waals surface area contributed by atoms with Crippen molar-refractivity contribution in [2.45, 2.75) is 6.92 Å². The second kappa shape index (κ2) is 8.50. The van der Waals surface area contributed by atoms with Gasteiger partial charge in [0.25, 0.3) is 11.6 Å². The zero-order chi connectivity index (χ0) is 20.1. The van der Waals surface area contributed by atoms with E-state index in [9.17, 15) is 19.7 Å². The zero-order valence-corrected chi connectivity index (χ0v) is 15.7. The fourth-order valence-electron chi connectivity index (χ4n) is 2.45. The van der Waals surface area contributed by atoms with Gasteiger partial charge in [0.1, 0.15) is 0 Å². The number of esters is 1. The number of para-hydroxylation sites is 1. The Hall–Kier alpha value is -3.13. The number of hydrogen-bond donors (Lipinski definition) is 1. The molecule has 0 aromatic heterocycles. The third-order valence-electron chi connectivity index (χ3n) is 3.58. The minimum Gasteiger partial charge on any atom is -0.462 e. The van der Waals surface area contributed by atoms with Crippen LogP contribution < -0.4 is 10.2 Å². The maximum atomic E-state index is 12.7. The number of halogens is 1. The molecule has 9 heteroatoms. The van der Waals surface area contributed by atoms with Crippen molar-refractivity contribution in [3.63, 3.8) is 0 Å². The van der Waals surface area contributed by atoms with E-state index in [-0.39, 0.29) is 23.4 Å². The Labute approximate surface area is 160 Å². The van der Waals surface area contributed by atoms with Gasteiger partial charge in [0.05, 0.1) is 33.5 Å². The number of nitro benzene ring substituents is 1. The summed E-state index contributed by atoms with van der Waals surface area (Å²) in [7, 11) is 3.53. The first-order valence-corrected chi connectivity index (χ1v) is 8.36. The first kappa shape index (κ1) is 20.2. The number of carbonyl (C=O) groups is 2. The second-order valence-corrected chi connectivity index (χ2v) is 6.14. The molecule has 0 aliphatic rings. The molecule has 8 nitrogen and oxygen atoms in total. The summed E-state index contributed by atoms with van der Waals surface area (Å²) in [6, 6.07) is 8.42. The van der Waals surface area contributed by atoms with Gasteiger partial charge in [-0.2, -0.15) is 0 Å². The van der Waals surface area contributed by atoms with Gasteiger partial charge in [0.2, 0.25) is 0 Å². The number of non-ortho nitro benzene ring substituents is 1. The number of amides is 1. The topological polar surface area (TPSA) is 102 Å². The van der Waals surface area contributed by atoms with Gasteiger partial charge in [-0.15, -0.1) is 0 Å². The summed E-state index contributed by atoms with van der Waals surface area (Å²) in [5.74, 6) is -1.36. The molecule has 1 N–H and O–H groups in total. The van der Waals surface area contributed by atoms with Crippen molar-refractivity contribution in [3.8, 4) is 0 Å². The van der Waals surface area contributed by atoms with E-state index in [0.717, 1.165) is 12.1 Å². The number of nitrogens with one attached hydrogen (secondary N) is 1. The van der Waals surface area contributed by atoms with E-state index < -0.39 is 16.8 Å². The summed E-state index contributed by atoms with van der Waals surface area (Å²) >= 11 is 6.18. The summed E-state index contributed by atoms with van der Waals surface area (Å²) in [4.78, 5) is 36.8. The highest BCUT2D eigenvalue weighted by molar-refractivity contribution is 6.34. The van der Waals surface area contributed by atoms with Crippen LogP contribution in [0.1, 0.15) is 27.6 Å². The lowest BCUT2D eigenvalue weighted by atomic mass is 10.1. The van der Waals surface area contributed by atoms with Crippen LogP contribution in [0.25, 0.3) is 0 Å². The van der Waals surface area contributed by atoms with Gasteiger partial charge in [-0.3, -0.25) is 14.9 Å². The van der Waals surface area contributed by atoms with Crippen molar-refractivity contribution >= 4 is 40.5 Å². The largest absolute Gasteiger partial charge is 0.462 e. The van der Waals surface area contributed by atoms with Crippen LogP contribution in [-0.2, 0) is 4.74 Å². The molecule has 1 amide bonds. The highest BCUT2D eigenvalue weighted by Crippen LogP contribution is 2.33. The van der Waals surface area contributed by atoms with E-state index >= 15 is 0 Å².